The summed E-state index contributed by atoms with van der Waals surface area (Å²) in [5.74, 6) is 0. The Kier molecular flexibility index (Phi) is 7.48. The minimum Gasteiger partial charge on any atom is -0.454 e. The number of rotatable bonds is 2. The van der Waals surface area contributed by atoms with Crippen LogP contribution in [0, 0.1) is 0 Å². The Morgan fingerprint density at radius 1 is 0.540 bits per heavy atom. The van der Waals surface area contributed by atoms with Crippen LogP contribution in [0.1, 0.15) is 103 Å². The topological polar surface area (TPSA) is 32.2 Å². The van der Waals surface area contributed by atoms with Crippen molar-refractivity contribution in [3.63, 3.8) is 0 Å². The molecule has 13 rings (SSSR count). The van der Waals surface area contributed by atoms with Gasteiger partial charge < -0.3 is 14.3 Å². The van der Waals surface area contributed by atoms with Crippen LogP contribution in [-0.4, -0.2) is 12.3 Å². The molecule has 3 aliphatic rings. The van der Waals surface area contributed by atoms with Crippen LogP contribution in [0.3, 0.4) is 0 Å². The summed E-state index contributed by atoms with van der Waals surface area (Å²) in [5, 5.41) is 8.70. The summed E-state index contributed by atoms with van der Waals surface area (Å²) in [5.41, 5.74) is 18.1. The maximum atomic E-state index is 7.17. The quantitative estimate of drug-likeness (QED) is 0.176. The second-order valence-electron chi connectivity index (χ2n) is 21.9. The summed E-state index contributed by atoms with van der Waals surface area (Å²) >= 11 is 2.01. The zero-order valence-electron chi connectivity index (χ0n) is 37.8. The van der Waals surface area contributed by atoms with Crippen LogP contribution in [0.5, 0.6) is 0 Å². The molecule has 10 aromatic rings. The number of aromatic nitrogens is 1. The van der Waals surface area contributed by atoms with Gasteiger partial charge in [0, 0.05) is 48.4 Å². The Hall–Kier alpha value is -5.78. The summed E-state index contributed by atoms with van der Waals surface area (Å²) < 4.78 is 9.97. The lowest BCUT2D eigenvalue weighted by Gasteiger charge is -2.43. The molecule has 3 aromatic heterocycles. The number of para-hydroxylation sites is 2. The van der Waals surface area contributed by atoms with E-state index in [9.17, 15) is 0 Å². The van der Waals surface area contributed by atoms with Crippen LogP contribution in [-0.2, 0) is 21.7 Å². The van der Waals surface area contributed by atoms with E-state index in [4.69, 9.17) is 4.42 Å². The van der Waals surface area contributed by atoms with Gasteiger partial charge in [-0.1, -0.05) is 122 Å². The van der Waals surface area contributed by atoms with Gasteiger partial charge in [-0.3, -0.25) is 0 Å². The predicted molar refractivity (Wildman–Crippen MR) is 273 cm³/mol. The Morgan fingerprint density at radius 2 is 1.19 bits per heavy atom. The number of fused-ring (bicyclic) bond motifs is 14. The minimum atomic E-state index is 0.0559. The van der Waals surface area contributed by atoms with Gasteiger partial charge in [-0.05, 0) is 145 Å². The fourth-order valence-corrected chi connectivity index (χ4v) is 13.4. The van der Waals surface area contributed by atoms with E-state index in [2.05, 4.69) is 181 Å². The molecular formula is C58H53BN2OS. The molecule has 0 saturated heterocycles. The van der Waals surface area contributed by atoms with E-state index in [1.165, 1.54) is 129 Å². The number of furan rings is 1. The van der Waals surface area contributed by atoms with Gasteiger partial charge in [0.1, 0.15) is 5.58 Å². The molecule has 0 bridgehead atoms. The average Bonchev–Trinajstić information content (AvgIpc) is 3.95. The second-order valence-corrected chi connectivity index (χ2v) is 23.0. The van der Waals surface area contributed by atoms with Gasteiger partial charge in [0.2, 0.25) is 7.28 Å². The minimum absolute atomic E-state index is 0.0559. The lowest BCUT2D eigenvalue weighted by atomic mass is 9.61. The standard InChI is InChI=1S/C58H53BN2OS/c1-55(2)22-23-56(3,4)43-28-34(20-21-42(43)55)61-51-41-30-44-45(58(7,8)25-24-57(44,5)6)31-48(41)63-54(51)59-49-39(29-40-35-16-11-12-19-47(35)62-53(40)52(49)61)37-18-13-17-36-38-26-32-14-9-10-15-33(32)27-46(38)60-50(36)37/h9-21,26-31,59-60H,22-25H2,1-8H3. The molecule has 1 aliphatic heterocycles. The maximum absolute atomic E-state index is 7.17. The van der Waals surface area contributed by atoms with E-state index in [0.29, 0.717) is 0 Å². The number of aromatic amines is 1. The van der Waals surface area contributed by atoms with Crippen LogP contribution in [0.2, 0.25) is 0 Å². The highest BCUT2D eigenvalue weighted by Crippen LogP contribution is 2.54. The number of thiophene rings is 1. The summed E-state index contributed by atoms with van der Waals surface area (Å²) in [6.07, 6.45) is 4.74. The summed E-state index contributed by atoms with van der Waals surface area (Å²) in [6, 6.07) is 44.1. The van der Waals surface area contributed by atoms with Crippen molar-refractivity contribution in [2.24, 2.45) is 0 Å². The molecule has 63 heavy (non-hydrogen) atoms. The number of H-pyrrole nitrogens is 1. The van der Waals surface area contributed by atoms with E-state index in [1.807, 2.05) is 11.3 Å². The normalized spacial score (nSPS) is 18.2. The van der Waals surface area contributed by atoms with Gasteiger partial charge in [0.15, 0.2) is 5.58 Å². The van der Waals surface area contributed by atoms with Crippen molar-refractivity contribution in [3.05, 3.63) is 138 Å². The molecule has 0 atom stereocenters. The lowest BCUT2D eigenvalue weighted by Crippen LogP contribution is -2.40. The molecule has 5 heteroatoms. The Labute approximate surface area is 374 Å². The third-order valence-electron chi connectivity index (χ3n) is 16.1. The first-order valence-electron chi connectivity index (χ1n) is 23.1. The van der Waals surface area contributed by atoms with Gasteiger partial charge >= 0.3 is 0 Å². The predicted octanol–water partition coefficient (Wildman–Crippen LogP) is 15.1. The van der Waals surface area contributed by atoms with Crippen LogP contribution < -0.4 is 15.1 Å². The summed E-state index contributed by atoms with van der Waals surface area (Å²) in [7, 11) is 0.824. The number of hydrogen-bond donors (Lipinski definition) is 1. The van der Waals surface area contributed by atoms with Crippen LogP contribution in [0.15, 0.2) is 120 Å². The molecule has 0 unspecified atom stereocenters. The number of anilines is 3. The zero-order valence-corrected chi connectivity index (χ0v) is 38.6. The van der Waals surface area contributed by atoms with Crippen molar-refractivity contribution >= 4 is 111 Å². The highest BCUT2D eigenvalue weighted by atomic mass is 32.1. The number of benzene rings is 7. The molecule has 0 amide bonds. The highest BCUT2D eigenvalue weighted by Gasteiger charge is 2.42. The van der Waals surface area contributed by atoms with Crippen molar-refractivity contribution in [2.75, 3.05) is 4.90 Å². The van der Waals surface area contributed by atoms with Gasteiger partial charge in [-0.2, -0.15) is 0 Å². The van der Waals surface area contributed by atoms with Crippen molar-refractivity contribution in [1.82, 2.24) is 4.98 Å². The Bertz CT molecular complexity index is 3630. The van der Waals surface area contributed by atoms with E-state index in [-0.39, 0.29) is 21.7 Å². The first kappa shape index (κ1) is 37.8. The van der Waals surface area contributed by atoms with Gasteiger partial charge in [-0.25, -0.2) is 0 Å². The van der Waals surface area contributed by atoms with Crippen LogP contribution in [0.25, 0.3) is 75.7 Å². The molecule has 3 nitrogen and oxygen atoms in total. The van der Waals surface area contributed by atoms with E-state index < -0.39 is 0 Å². The van der Waals surface area contributed by atoms with Crippen molar-refractivity contribution in [2.45, 2.75) is 103 Å². The van der Waals surface area contributed by atoms with Crippen LogP contribution in [0.4, 0.5) is 17.1 Å². The first-order valence-corrected chi connectivity index (χ1v) is 23.9. The molecule has 0 saturated carbocycles. The second kappa shape index (κ2) is 12.5. The number of hydrogen-bond acceptors (Lipinski definition) is 3. The number of nitrogens with zero attached hydrogens (tertiary/aromatic N) is 1. The Morgan fingerprint density at radius 3 is 1.95 bits per heavy atom. The SMILES string of the molecule is CC1(C)CCC(C)(C)c2cc(N3c4c(sc5cc6c(cc45)C(C)(C)CCC6(C)C)Bc4c(-c5cccc6c5[nH]c5cc7ccccc7cc56)cc5c(oc6ccccc65)c43)ccc21. The first-order chi connectivity index (χ1) is 30.2. The molecule has 310 valence electrons. The molecular weight excluding hydrogens is 784 g/mol. The van der Waals surface area contributed by atoms with Gasteiger partial charge in [0.05, 0.1) is 16.9 Å². The lowest BCUT2D eigenvalue weighted by molar-refractivity contribution is 0.332. The molecule has 4 heterocycles. The van der Waals surface area contributed by atoms with Crippen LogP contribution >= 0.6 is 11.3 Å². The molecule has 0 fully saturated rings. The van der Waals surface area contributed by atoms with Gasteiger partial charge in [0.25, 0.3) is 0 Å². The van der Waals surface area contributed by atoms with Crippen molar-refractivity contribution in [1.29, 1.82) is 0 Å². The van der Waals surface area contributed by atoms with Gasteiger partial charge in [-0.15, -0.1) is 11.3 Å². The summed E-state index contributed by atoms with van der Waals surface area (Å²) in [4.78, 5) is 6.63. The zero-order chi connectivity index (χ0) is 42.9. The van der Waals surface area contributed by atoms with E-state index >= 15 is 0 Å². The molecule has 7 aromatic carbocycles. The third-order valence-corrected chi connectivity index (χ3v) is 17.3. The Balaban J connectivity index is 1.16. The molecule has 1 N–H and O–H groups in total. The largest absolute Gasteiger partial charge is 0.454 e. The highest BCUT2D eigenvalue weighted by molar-refractivity contribution is 7.29. The van der Waals surface area contributed by atoms with Crippen molar-refractivity contribution < 1.29 is 4.42 Å². The molecule has 0 spiro atoms. The van der Waals surface area contributed by atoms with E-state index in [0.717, 1.165) is 29.2 Å². The summed E-state index contributed by atoms with van der Waals surface area (Å²) in [6.45, 7) is 19.6. The smallest absolute Gasteiger partial charge is 0.211 e. The maximum Gasteiger partial charge on any atom is 0.211 e. The molecule has 2 aliphatic carbocycles. The fourth-order valence-electron chi connectivity index (χ4n) is 12.2. The van der Waals surface area contributed by atoms with Crippen molar-refractivity contribution in [3.8, 4) is 11.1 Å². The molecule has 0 radical (unpaired) electrons. The fraction of sp³-hybridized carbons (Fsp3) is 0.276. The number of nitrogens with one attached hydrogen (secondary N) is 1. The van der Waals surface area contributed by atoms with E-state index in [1.54, 1.807) is 0 Å². The monoisotopic (exact) mass is 836 g/mol. The average molecular weight is 837 g/mol. The third kappa shape index (κ3) is 5.26.